The topological polar surface area (TPSA) is 114 Å². The number of rotatable bonds is 14. The zero-order valence-electron chi connectivity index (χ0n) is 30.6. The molecule has 0 radical (unpaired) electrons. The monoisotopic (exact) mass is 696 g/mol. The van der Waals surface area contributed by atoms with Gasteiger partial charge in [0.15, 0.2) is 6.23 Å². The van der Waals surface area contributed by atoms with Gasteiger partial charge in [-0.1, -0.05) is 43.9 Å². The second kappa shape index (κ2) is 15.4. The molecular formula is C39H52N8O4. The Morgan fingerprint density at radius 3 is 2.69 bits per heavy atom. The lowest BCUT2D eigenvalue weighted by atomic mass is 9.85. The molecule has 1 amide bonds. The van der Waals surface area contributed by atoms with E-state index in [2.05, 4.69) is 35.6 Å². The maximum Gasteiger partial charge on any atom is 0.410 e. The van der Waals surface area contributed by atoms with Gasteiger partial charge in [-0.25, -0.2) is 19.1 Å². The first-order valence-corrected chi connectivity index (χ1v) is 18.8. The van der Waals surface area contributed by atoms with E-state index in [4.69, 9.17) is 24.3 Å². The third-order valence-electron chi connectivity index (χ3n) is 9.81. The number of imidazole rings is 1. The molecule has 4 aromatic heterocycles. The quantitative estimate of drug-likeness (QED) is 0.107. The van der Waals surface area contributed by atoms with Crippen LogP contribution in [0.4, 0.5) is 4.79 Å². The van der Waals surface area contributed by atoms with Gasteiger partial charge in [0.25, 0.3) is 0 Å². The molecule has 1 aromatic carbocycles. The van der Waals surface area contributed by atoms with E-state index in [0.29, 0.717) is 32.2 Å². The second-order valence-electron chi connectivity index (χ2n) is 15.2. The van der Waals surface area contributed by atoms with Crippen molar-refractivity contribution in [3.05, 3.63) is 60.3 Å². The Hall–Kier alpha value is -4.45. The summed E-state index contributed by atoms with van der Waals surface area (Å²) < 4.78 is 24.0. The molecule has 2 fully saturated rings. The summed E-state index contributed by atoms with van der Waals surface area (Å²) in [4.78, 5) is 19.8. The summed E-state index contributed by atoms with van der Waals surface area (Å²) in [7, 11) is 0. The third kappa shape index (κ3) is 8.54. The number of amides is 1. The average molecular weight is 697 g/mol. The van der Waals surface area contributed by atoms with E-state index >= 15 is 0 Å². The van der Waals surface area contributed by atoms with Crippen LogP contribution in [0.5, 0.6) is 5.75 Å². The molecule has 0 spiro atoms. The van der Waals surface area contributed by atoms with E-state index in [9.17, 15) is 4.79 Å². The second-order valence-corrected chi connectivity index (χ2v) is 15.2. The van der Waals surface area contributed by atoms with Gasteiger partial charge in [-0.2, -0.15) is 5.10 Å². The molecule has 2 aliphatic rings. The van der Waals surface area contributed by atoms with Gasteiger partial charge in [0.1, 0.15) is 22.7 Å². The number of carbonyl (C=O) groups excluding carboxylic acids is 1. The highest BCUT2D eigenvalue weighted by Gasteiger charge is 2.28. The number of ether oxygens (including phenoxy) is 3. The number of pyridine rings is 1. The Balaban J connectivity index is 1.09. The first kappa shape index (κ1) is 35.0. The number of aromatic nitrogens is 7. The maximum absolute atomic E-state index is 13.1. The molecule has 5 aromatic rings. The Morgan fingerprint density at radius 2 is 1.92 bits per heavy atom. The summed E-state index contributed by atoms with van der Waals surface area (Å²) in [5.41, 5.74) is 4.84. The molecular weight excluding hydrogens is 644 g/mol. The Bertz CT molecular complexity index is 1930. The van der Waals surface area contributed by atoms with Crippen LogP contribution in [0, 0.1) is 5.92 Å². The van der Waals surface area contributed by atoms with E-state index in [0.717, 1.165) is 96.4 Å². The van der Waals surface area contributed by atoms with Crippen molar-refractivity contribution in [1.29, 1.82) is 0 Å². The van der Waals surface area contributed by atoms with Gasteiger partial charge in [0, 0.05) is 42.6 Å². The maximum atomic E-state index is 13.1. The fraction of sp³-hybridized carbons (Fsp3) is 0.564. The lowest BCUT2D eigenvalue weighted by molar-refractivity contribution is -0.0366. The highest BCUT2D eigenvalue weighted by Crippen LogP contribution is 2.35. The van der Waals surface area contributed by atoms with Gasteiger partial charge in [-0.05, 0) is 82.9 Å². The molecule has 272 valence electrons. The fourth-order valence-corrected chi connectivity index (χ4v) is 6.94. The molecule has 1 unspecified atom stereocenters. The minimum Gasteiger partial charge on any atom is -0.493 e. The van der Waals surface area contributed by atoms with Crippen molar-refractivity contribution in [1.82, 2.24) is 39.1 Å². The minimum atomic E-state index is -0.540. The van der Waals surface area contributed by atoms with Crippen molar-refractivity contribution in [2.75, 3.05) is 19.8 Å². The molecule has 12 nitrogen and oxygen atoms in total. The van der Waals surface area contributed by atoms with Gasteiger partial charge < -0.3 is 23.5 Å². The molecule has 5 heterocycles. The van der Waals surface area contributed by atoms with Gasteiger partial charge >= 0.3 is 6.09 Å². The zero-order valence-corrected chi connectivity index (χ0v) is 30.6. The van der Waals surface area contributed by atoms with E-state index in [1.54, 1.807) is 0 Å². The minimum absolute atomic E-state index is 0.0849. The van der Waals surface area contributed by atoms with Gasteiger partial charge in [0.05, 0.1) is 43.3 Å². The molecule has 7 rings (SSSR count). The molecule has 51 heavy (non-hydrogen) atoms. The predicted octanol–water partition coefficient (Wildman–Crippen LogP) is 8.19. The van der Waals surface area contributed by atoms with Crippen molar-refractivity contribution in [3.63, 3.8) is 0 Å². The Kier molecular flexibility index (Phi) is 10.6. The fourth-order valence-electron chi connectivity index (χ4n) is 6.94. The standard InChI is InChI=1S/C39H52N8O4/c1-5-6-7-9-17-49-31-19-32(33-21-40-47(35(33)20-31)37-14-8-10-18-50-37)34-27-46(43-42-34)26-30-25-44-23-29(15-16-36(44)41-30)24-45(22-28-12-11-13-28)38(48)51-39(2,3)4/h15-16,19-21,23,25,27-28,37H,5-14,17-18,22,24,26H2,1-4H3. The van der Waals surface area contributed by atoms with Crippen molar-refractivity contribution in [2.45, 2.75) is 117 Å². The van der Waals surface area contributed by atoms with Crippen molar-refractivity contribution in [3.8, 4) is 17.0 Å². The predicted molar refractivity (Wildman–Crippen MR) is 196 cm³/mol. The van der Waals surface area contributed by atoms with Gasteiger partial charge in [-0.3, -0.25) is 0 Å². The summed E-state index contributed by atoms with van der Waals surface area (Å²) in [6.45, 7) is 11.0. The molecule has 0 bridgehead atoms. The van der Waals surface area contributed by atoms with E-state index in [1.165, 1.54) is 19.3 Å². The molecule has 1 aliphatic heterocycles. The number of fused-ring (bicyclic) bond motifs is 2. The van der Waals surface area contributed by atoms with E-state index < -0.39 is 5.60 Å². The van der Waals surface area contributed by atoms with Crippen LogP contribution in [0.2, 0.25) is 0 Å². The normalized spacial score (nSPS) is 16.8. The number of unbranched alkanes of at least 4 members (excludes halogenated alkanes) is 3. The summed E-state index contributed by atoms with van der Waals surface area (Å²) in [6.07, 6.45) is 18.9. The summed E-state index contributed by atoms with van der Waals surface area (Å²) in [5.74, 6) is 1.34. The molecule has 1 atom stereocenters. The molecule has 12 heteroatoms. The van der Waals surface area contributed by atoms with Crippen LogP contribution in [0.3, 0.4) is 0 Å². The highest BCUT2D eigenvalue weighted by atomic mass is 16.6. The van der Waals surface area contributed by atoms with Crippen LogP contribution in [-0.2, 0) is 22.6 Å². The third-order valence-corrected chi connectivity index (χ3v) is 9.81. The Morgan fingerprint density at radius 1 is 1.04 bits per heavy atom. The summed E-state index contributed by atoms with van der Waals surface area (Å²) in [5, 5.41) is 14.9. The van der Waals surface area contributed by atoms with Crippen LogP contribution >= 0.6 is 0 Å². The zero-order chi connectivity index (χ0) is 35.4. The van der Waals surface area contributed by atoms with Crippen molar-refractivity contribution >= 4 is 22.6 Å². The molecule has 0 N–H and O–H groups in total. The smallest absolute Gasteiger partial charge is 0.410 e. The van der Waals surface area contributed by atoms with Crippen LogP contribution in [0.15, 0.2) is 49.1 Å². The highest BCUT2D eigenvalue weighted by molar-refractivity contribution is 5.95. The molecule has 1 aliphatic carbocycles. The van der Waals surface area contributed by atoms with Gasteiger partial charge in [0.2, 0.25) is 0 Å². The number of hydrogen-bond donors (Lipinski definition) is 0. The van der Waals surface area contributed by atoms with Crippen LogP contribution in [-0.4, -0.2) is 70.5 Å². The first-order valence-electron chi connectivity index (χ1n) is 18.8. The molecule has 1 saturated heterocycles. The Labute approximate surface area is 300 Å². The SMILES string of the molecule is CCCCCCOc1cc(-c2cn(Cc3cn4cc(CN(CC5CCC5)C(=O)OC(C)(C)C)ccc4n3)nn2)c2cnn(C3CCCCO3)c2c1. The number of hydrogen-bond acceptors (Lipinski definition) is 8. The largest absolute Gasteiger partial charge is 0.493 e. The van der Waals surface area contributed by atoms with E-state index in [-0.39, 0.29) is 12.3 Å². The first-order chi connectivity index (χ1) is 24.7. The van der Waals surface area contributed by atoms with Gasteiger partial charge in [-0.15, -0.1) is 5.10 Å². The van der Waals surface area contributed by atoms with Crippen LogP contribution in [0.25, 0.3) is 27.8 Å². The van der Waals surface area contributed by atoms with Crippen LogP contribution in [0.1, 0.15) is 109 Å². The summed E-state index contributed by atoms with van der Waals surface area (Å²) in [6, 6.07) is 8.18. The number of carbonyl (C=O) groups is 1. The molecule has 1 saturated carbocycles. The summed E-state index contributed by atoms with van der Waals surface area (Å²) >= 11 is 0. The van der Waals surface area contributed by atoms with Crippen LogP contribution < -0.4 is 4.74 Å². The average Bonchev–Trinajstić information content (AvgIpc) is 3.83. The van der Waals surface area contributed by atoms with Crippen molar-refractivity contribution < 1.29 is 19.0 Å². The lowest BCUT2D eigenvalue weighted by Gasteiger charge is -2.33. The van der Waals surface area contributed by atoms with Crippen molar-refractivity contribution in [2.24, 2.45) is 5.92 Å². The number of nitrogens with zero attached hydrogens (tertiary/aromatic N) is 8. The lowest BCUT2D eigenvalue weighted by Crippen LogP contribution is -2.40. The number of benzene rings is 1. The van der Waals surface area contributed by atoms with E-state index in [1.807, 2.05) is 70.2 Å².